The van der Waals surface area contributed by atoms with Crippen molar-refractivity contribution in [2.45, 2.75) is 13.3 Å². The molecule has 1 aliphatic heterocycles. The standard InChI is InChI=1S/C14H15N3O/c1-10-9-13(16(2)15-10)14(18)17-8-7-11-5-3-4-6-12(11)17/h3-6,9H,7-8H2,1-2H3. The lowest BCUT2D eigenvalue weighted by atomic mass is 10.2. The molecule has 0 saturated heterocycles. The number of aryl methyl sites for hydroxylation is 2. The van der Waals surface area contributed by atoms with E-state index in [4.69, 9.17) is 0 Å². The molecule has 2 heterocycles. The van der Waals surface area contributed by atoms with Gasteiger partial charge in [-0.05, 0) is 31.0 Å². The monoisotopic (exact) mass is 241 g/mol. The third-order valence-corrected chi connectivity index (χ3v) is 3.35. The number of amides is 1. The molecule has 0 unspecified atom stereocenters. The highest BCUT2D eigenvalue weighted by molar-refractivity contribution is 6.06. The van der Waals surface area contributed by atoms with Gasteiger partial charge in [-0.25, -0.2) is 0 Å². The summed E-state index contributed by atoms with van der Waals surface area (Å²) >= 11 is 0. The van der Waals surface area contributed by atoms with Crippen LogP contribution in [0.3, 0.4) is 0 Å². The second kappa shape index (κ2) is 3.98. The molecule has 92 valence electrons. The molecule has 3 rings (SSSR count). The molecule has 0 fully saturated rings. The van der Waals surface area contributed by atoms with E-state index in [0.717, 1.165) is 24.3 Å². The molecule has 1 aliphatic rings. The minimum Gasteiger partial charge on any atom is -0.306 e. The molecule has 4 heteroatoms. The van der Waals surface area contributed by atoms with Crippen LogP contribution in [0.25, 0.3) is 0 Å². The van der Waals surface area contributed by atoms with Gasteiger partial charge in [0.15, 0.2) is 0 Å². The van der Waals surface area contributed by atoms with Crippen LogP contribution in [0.1, 0.15) is 21.7 Å². The number of rotatable bonds is 1. The summed E-state index contributed by atoms with van der Waals surface area (Å²) in [6, 6.07) is 9.91. The van der Waals surface area contributed by atoms with Crippen molar-refractivity contribution in [3.05, 3.63) is 47.3 Å². The number of nitrogens with zero attached hydrogens (tertiary/aromatic N) is 3. The summed E-state index contributed by atoms with van der Waals surface area (Å²) < 4.78 is 1.65. The zero-order valence-corrected chi connectivity index (χ0v) is 10.6. The second-order valence-electron chi connectivity index (χ2n) is 4.63. The Bertz CT molecular complexity index is 615. The number of carbonyl (C=O) groups excluding carboxylic acids is 1. The predicted molar refractivity (Wildman–Crippen MR) is 69.8 cm³/mol. The molecule has 2 aromatic rings. The van der Waals surface area contributed by atoms with Gasteiger partial charge < -0.3 is 4.90 Å². The number of hydrogen-bond donors (Lipinski definition) is 0. The van der Waals surface area contributed by atoms with E-state index >= 15 is 0 Å². The Morgan fingerprint density at radius 2 is 2.11 bits per heavy atom. The van der Waals surface area contributed by atoms with Crippen molar-refractivity contribution in [3.8, 4) is 0 Å². The van der Waals surface area contributed by atoms with Gasteiger partial charge in [0, 0.05) is 19.3 Å². The first kappa shape index (κ1) is 11.0. The highest BCUT2D eigenvalue weighted by Crippen LogP contribution is 2.28. The first-order valence-electron chi connectivity index (χ1n) is 6.07. The maximum atomic E-state index is 12.5. The van der Waals surface area contributed by atoms with Crippen LogP contribution >= 0.6 is 0 Å². The number of aromatic nitrogens is 2. The molecule has 0 radical (unpaired) electrons. The summed E-state index contributed by atoms with van der Waals surface area (Å²) in [5, 5.41) is 4.23. The molecule has 1 amide bonds. The fourth-order valence-electron chi connectivity index (χ4n) is 2.50. The minimum atomic E-state index is 0.0306. The summed E-state index contributed by atoms with van der Waals surface area (Å²) in [5.41, 5.74) is 3.78. The first-order chi connectivity index (χ1) is 8.66. The summed E-state index contributed by atoms with van der Waals surface area (Å²) in [5.74, 6) is 0.0306. The molecule has 0 spiro atoms. The number of para-hydroxylation sites is 1. The zero-order chi connectivity index (χ0) is 12.7. The van der Waals surface area contributed by atoms with Gasteiger partial charge in [-0.1, -0.05) is 18.2 Å². The number of hydrogen-bond acceptors (Lipinski definition) is 2. The van der Waals surface area contributed by atoms with Crippen molar-refractivity contribution in [2.24, 2.45) is 7.05 Å². The second-order valence-corrected chi connectivity index (χ2v) is 4.63. The topological polar surface area (TPSA) is 38.1 Å². The summed E-state index contributed by atoms with van der Waals surface area (Å²) in [6.45, 7) is 2.65. The maximum Gasteiger partial charge on any atom is 0.276 e. The van der Waals surface area contributed by atoms with Crippen molar-refractivity contribution in [3.63, 3.8) is 0 Å². The van der Waals surface area contributed by atoms with E-state index in [2.05, 4.69) is 11.2 Å². The van der Waals surface area contributed by atoms with Crippen LogP contribution in [0.5, 0.6) is 0 Å². The van der Waals surface area contributed by atoms with E-state index in [1.54, 1.807) is 4.68 Å². The highest BCUT2D eigenvalue weighted by atomic mass is 16.2. The van der Waals surface area contributed by atoms with Crippen molar-refractivity contribution >= 4 is 11.6 Å². The minimum absolute atomic E-state index is 0.0306. The average molecular weight is 241 g/mol. The van der Waals surface area contributed by atoms with Gasteiger partial charge in [-0.2, -0.15) is 5.10 Å². The predicted octanol–water partition coefficient (Wildman–Crippen LogP) is 1.93. The normalized spacial score (nSPS) is 13.8. The lowest BCUT2D eigenvalue weighted by Gasteiger charge is -2.17. The molecule has 0 saturated carbocycles. The summed E-state index contributed by atoms with van der Waals surface area (Å²) in [7, 11) is 1.81. The van der Waals surface area contributed by atoms with E-state index in [0.29, 0.717) is 5.69 Å². The fraction of sp³-hybridized carbons (Fsp3) is 0.286. The van der Waals surface area contributed by atoms with Crippen molar-refractivity contribution in [1.29, 1.82) is 0 Å². The Morgan fingerprint density at radius 1 is 1.33 bits per heavy atom. The average Bonchev–Trinajstić information content (AvgIpc) is 2.92. The molecule has 0 aliphatic carbocycles. The summed E-state index contributed by atoms with van der Waals surface area (Å²) in [6.07, 6.45) is 0.929. The van der Waals surface area contributed by atoms with E-state index in [9.17, 15) is 4.79 Å². The molecule has 0 bridgehead atoms. The van der Waals surface area contributed by atoms with Crippen molar-refractivity contribution in [1.82, 2.24) is 9.78 Å². The Labute approximate surface area is 106 Å². The largest absolute Gasteiger partial charge is 0.306 e. The van der Waals surface area contributed by atoms with Crippen LogP contribution < -0.4 is 4.90 Å². The Kier molecular flexibility index (Phi) is 2.44. The van der Waals surface area contributed by atoms with Gasteiger partial charge in [-0.15, -0.1) is 0 Å². The third-order valence-electron chi connectivity index (χ3n) is 3.35. The van der Waals surface area contributed by atoms with E-state index in [1.807, 2.05) is 43.1 Å². The maximum absolute atomic E-state index is 12.5. The van der Waals surface area contributed by atoms with Crippen LogP contribution in [0.2, 0.25) is 0 Å². The SMILES string of the molecule is Cc1cc(C(=O)N2CCc3ccccc32)n(C)n1. The van der Waals surface area contributed by atoms with E-state index < -0.39 is 0 Å². The fourth-order valence-corrected chi connectivity index (χ4v) is 2.50. The molecule has 1 aromatic carbocycles. The quantitative estimate of drug-likeness (QED) is 0.765. The lowest BCUT2D eigenvalue weighted by molar-refractivity contribution is 0.0980. The number of anilines is 1. The molecule has 18 heavy (non-hydrogen) atoms. The highest BCUT2D eigenvalue weighted by Gasteiger charge is 2.26. The van der Waals surface area contributed by atoms with Crippen LogP contribution in [-0.2, 0) is 13.5 Å². The third kappa shape index (κ3) is 1.61. The summed E-state index contributed by atoms with van der Waals surface area (Å²) in [4.78, 5) is 14.3. The van der Waals surface area contributed by atoms with Gasteiger partial charge in [0.25, 0.3) is 5.91 Å². The molecule has 1 aromatic heterocycles. The molecular weight excluding hydrogens is 226 g/mol. The lowest BCUT2D eigenvalue weighted by Crippen LogP contribution is -2.30. The molecular formula is C14H15N3O. The van der Waals surface area contributed by atoms with Gasteiger partial charge >= 0.3 is 0 Å². The molecule has 0 atom stereocenters. The Morgan fingerprint density at radius 3 is 2.83 bits per heavy atom. The smallest absolute Gasteiger partial charge is 0.276 e. The van der Waals surface area contributed by atoms with E-state index in [1.165, 1.54) is 5.56 Å². The Hall–Kier alpha value is -2.10. The number of fused-ring (bicyclic) bond motifs is 1. The van der Waals surface area contributed by atoms with Crippen LogP contribution in [0, 0.1) is 6.92 Å². The van der Waals surface area contributed by atoms with Gasteiger partial charge in [0.05, 0.1) is 5.69 Å². The van der Waals surface area contributed by atoms with Crippen molar-refractivity contribution < 1.29 is 4.79 Å². The molecule has 0 N–H and O–H groups in total. The van der Waals surface area contributed by atoms with Gasteiger partial charge in [0.1, 0.15) is 5.69 Å². The van der Waals surface area contributed by atoms with Crippen molar-refractivity contribution in [2.75, 3.05) is 11.4 Å². The zero-order valence-electron chi connectivity index (χ0n) is 10.6. The number of carbonyl (C=O) groups is 1. The van der Waals surface area contributed by atoms with Gasteiger partial charge in [0.2, 0.25) is 0 Å². The Balaban J connectivity index is 1.98. The molecule has 4 nitrogen and oxygen atoms in total. The first-order valence-corrected chi connectivity index (χ1v) is 6.07. The number of benzene rings is 1. The van der Waals surface area contributed by atoms with Crippen LogP contribution in [0.4, 0.5) is 5.69 Å². The van der Waals surface area contributed by atoms with E-state index in [-0.39, 0.29) is 5.91 Å². The van der Waals surface area contributed by atoms with Gasteiger partial charge in [-0.3, -0.25) is 9.48 Å². The van der Waals surface area contributed by atoms with Crippen LogP contribution in [-0.4, -0.2) is 22.2 Å². The van der Waals surface area contributed by atoms with Crippen LogP contribution in [0.15, 0.2) is 30.3 Å².